The third-order valence-corrected chi connectivity index (χ3v) is 4.19. The summed E-state index contributed by atoms with van der Waals surface area (Å²) < 4.78 is 5.22. The van der Waals surface area contributed by atoms with Crippen LogP contribution in [0.1, 0.15) is 39.7 Å². The quantitative estimate of drug-likeness (QED) is 0.585. The summed E-state index contributed by atoms with van der Waals surface area (Å²) in [6.45, 7) is 10.4. The van der Waals surface area contributed by atoms with Crippen molar-refractivity contribution in [2.75, 3.05) is 12.4 Å². The molecular weight excluding hydrogens is 282 g/mol. The van der Waals surface area contributed by atoms with E-state index in [-0.39, 0.29) is 12.0 Å². The predicted octanol–water partition coefficient (Wildman–Crippen LogP) is 3.80. The first-order valence-electron chi connectivity index (χ1n) is 7.52. The summed E-state index contributed by atoms with van der Waals surface area (Å²) in [6, 6.07) is 8.67. The zero-order valence-electron chi connectivity index (χ0n) is 13.7. The molecule has 0 fully saturated rings. The second-order valence-corrected chi connectivity index (χ2v) is 6.93. The highest BCUT2D eigenvalue weighted by molar-refractivity contribution is 7.99. The zero-order valence-corrected chi connectivity index (χ0v) is 14.5. The number of benzene rings is 1. The molecule has 0 saturated heterocycles. The van der Waals surface area contributed by atoms with Crippen LogP contribution in [0.5, 0.6) is 0 Å². The molecule has 0 aliphatic carbocycles. The smallest absolute Gasteiger partial charge is 0.326 e. The van der Waals surface area contributed by atoms with E-state index in [1.807, 2.05) is 27.7 Å². The lowest BCUT2D eigenvalue weighted by Gasteiger charge is -2.30. The number of hydrogen-bond donors (Lipinski definition) is 1. The van der Waals surface area contributed by atoms with Crippen LogP contribution in [-0.2, 0) is 9.53 Å². The van der Waals surface area contributed by atoms with Crippen molar-refractivity contribution in [3.05, 3.63) is 29.8 Å². The van der Waals surface area contributed by atoms with Crippen LogP contribution in [0.25, 0.3) is 0 Å². The summed E-state index contributed by atoms with van der Waals surface area (Å²) >= 11 is 1.78. The maximum absolute atomic E-state index is 12.2. The van der Waals surface area contributed by atoms with E-state index in [9.17, 15) is 4.79 Å². The molecule has 0 spiro atoms. The Morgan fingerprint density at radius 3 is 2.71 bits per heavy atom. The van der Waals surface area contributed by atoms with E-state index in [4.69, 9.17) is 4.74 Å². The highest BCUT2D eigenvalue weighted by atomic mass is 32.2. The molecule has 1 aromatic carbocycles. The molecule has 4 heteroatoms. The number of esters is 1. The molecule has 1 aromatic rings. The fourth-order valence-corrected chi connectivity index (χ4v) is 3.43. The van der Waals surface area contributed by atoms with Gasteiger partial charge in [-0.15, -0.1) is 11.8 Å². The van der Waals surface area contributed by atoms with Crippen LogP contribution in [-0.4, -0.2) is 29.9 Å². The lowest BCUT2D eigenvalue weighted by molar-refractivity contribution is -0.150. The largest absolute Gasteiger partial charge is 0.465 e. The third kappa shape index (κ3) is 6.10. The van der Waals surface area contributed by atoms with Crippen molar-refractivity contribution in [3.8, 4) is 0 Å². The van der Waals surface area contributed by atoms with Crippen molar-refractivity contribution in [2.24, 2.45) is 0 Å². The van der Waals surface area contributed by atoms with Gasteiger partial charge in [0.05, 0.1) is 6.61 Å². The number of thioether (sulfide) groups is 1. The van der Waals surface area contributed by atoms with Crippen molar-refractivity contribution >= 4 is 17.7 Å². The third-order valence-electron chi connectivity index (χ3n) is 3.19. The molecule has 21 heavy (non-hydrogen) atoms. The number of nitrogens with one attached hydrogen (secondary N) is 1. The van der Waals surface area contributed by atoms with Crippen molar-refractivity contribution in [1.82, 2.24) is 5.32 Å². The number of carbonyl (C=O) groups is 1. The van der Waals surface area contributed by atoms with Gasteiger partial charge in [-0.2, -0.15) is 0 Å². The molecule has 1 N–H and O–H groups in total. The lowest BCUT2D eigenvalue weighted by atomic mass is 9.98. The molecule has 118 valence electrons. The van der Waals surface area contributed by atoms with Gasteiger partial charge in [0, 0.05) is 16.7 Å². The van der Waals surface area contributed by atoms with E-state index in [1.165, 1.54) is 10.5 Å². The van der Waals surface area contributed by atoms with Gasteiger partial charge in [-0.3, -0.25) is 10.1 Å². The van der Waals surface area contributed by atoms with E-state index in [2.05, 4.69) is 36.5 Å². The van der Waals surface area contributed by atoms with E-state index >= 15 is 0 Å². The highest BCUT2D eigenvalue weighted by Gasteiger charge is 2.34. The van der Waals surface area contributed by atoms with Crippen LogP contribution >= 0.6 is 11.8 Å². The lowest BCUT2D eigenvalue weighted by Crippen LogP contribution is -2.53. The number of rotatable bonds is 8. The van der Waals surface area contributed by atoms with Gasteiger partial charge < -0.3 is 4.74 Å². The molecule has 1 rings (SSSR count). The maximum atomic E-state index is 12.2. The van der Waals surface area contributed by atoms with Gasteiger partial charge in [0.15, 0.2) is 0 Å². The molecule has 0 aromatic heterocycles. The number of ether oxygens (including phenoxy) is 1. The van der Waals surface area contributed by atoms with Crippen LogP contribution in [0.4, 0.5) is 0 Å². The van der Waals surface area contributed by atoms with Crippen LogP contribution in [0.15, 0.2) is 29.2 Å². The molecule has 0 saturated carbocycles. The minimum atomic E-state index is -0.624. The van der Waals surface area contributed by atoms with Crippen molar-refractivity contribution in [1.29, 1.82) is 0 Å². The number of hydrogen-bond acceptors (Lipinski definition) is 4. The fourth-order valence-electron chi connectivity index (χ4n) is 2.24. The minimum Gasteiger partial charge on any atom is -0.465 e. The topological polar surface area (TPSA) is 38.3 Å². The number of aryl methyl sites for hydroxylation is 1. The van der Waals surface area contributed by atoms with Gasteiger partial charge in [-0.1, -0.05) is 17.7 Å². The Bertz CT molecular complexity index is 462. The average molecular weight is 309 g/mol. The highest BCUT2D eigenvalue weighted by Crippen LogP contribution is 2.24. The van der Waals surface area contributed by atoms with Crippen LogP contribution in [0, 0.1) is 6.92 Å². The first kappa shape index (κ1) is 18.1. The SMILES string of the molecule is CCOC(=O)C(C)(CCSc1cccc(C)c1)NC(C)C. The van der Waals surface area contributed by atoms with Gasteiger partial charge >= 0.3 is 5.97 Å². The fraction of sp³-hybridized carbons (Fsp3) is 0.588. The summed E-state index contributed by atoms with van der Waals surface area (Å²) in [5.74, 6) is 0.710. The van der Waals surface area contributed by atoms with E-state index in [0.717, 1.165) is 12.2 Å². The van der Waals surface area contributed by atoms with Gasteiger partial charge in [0.2, 0.25) is 0 Å². The van der Waals surface area contributed by atoms with Gasteiger partial charge in [-0.25, -0.2) is 0 Å². The summed E-state index contributed by atoms with van der Waals surface area (Å²) in [5, 5.41) is 3.35. The molecule has 3 nitrogen and oxygen atoms in total. The predicted molar refractivity (Wildman–Crippen MR) is 89.8 cm³/mol. The van der Waals surface area contributed by atoms with Crippen molar-refractivity contribution in [3.63, 3.8) is 0 Å². The normalized spacial score (nSPS) is 14.0. The van der Waals surface area contributed by atoms with Crippen LogP contribution in [0.3, 0.4) is 0 Å². The van der Waals surface area contributed by atoms with E-state index < -0.39 is 5.54 Å². The average Bonchev–Trinajstić information content (AvgIpc) is 2.38. The molecule has 0 heterocycles. The monoisotopic (exact) mass is 309 g/mol. The minimum absolute atomic E-state index is 0.163. The molecular formula is C17H27NO2S. The Labute approximate surface area is 132 Å². The van der Waals surface area contributed by atoms with Gasteiger partial charge in [0.25, 0.3) is 0 Å². The number of carbonyl (C=O) groups excluding carboxylic acids is 1. The van der Waals surface area contributed by atoms with Crippen LogP contribution < -0.4 is 5.32 Å². The summed E-state index contributed by atoms with van der Waals surface area (Å²) in [6.07, 6.45) is 0.739. The second-order valence-electron chi connectivity index (χ2n) is 5.77. The molecule has 0 bridgehead atoms. The summed E-state index contributed by atoms with van der Waals surface area (Å²) in [7, 11) is 0. The van der Waals surface area contributed by atoms with Crippen molar-refractivity contribution < 1.29 is 9.53 Å². The molecule has 0 amide bonds. The van der Waals surface area contributed by atoms with Crippen molar-refractivity contribution in [2.45, 2.75) is 57.5 Å². The Hall–Kier alpha value is -1.00. The summed E-state index contributed by atoms with van der Waals surface area (Å²) in [4.78, 5) is 13.4. The molecule has 0 aliphatic rings. The first-order chi connectivity index (χ1) is 9.87. The Kier molecular flexibility index (Phi) is 7.26. The Morgan fingerprint density at radius 1 is 1.43 bits per heavy atom. The van der Waals surface area contributed by atoms with Gasteiger partial charge in [0.1, 0.15) is 5.54 Å². The Balaban J connectivity index is 2.62. The first-order valence-corrected chi connectivity index (χ1v) is 8.50. The molecule has 1 unspecified atom stereocenters. The zero-order chi connectivity index (χ0) is 15.9. The molecule has 0 aliphatic heterocycles. The maximum Gasteiger partial charge on any atom is 0.326 e. The standard InChI is InChI=1S/C17H27NO2S/c1-6-20-16(19)17(5,18-13(2)3)10-11-21-15-9-7-8-14(4)12-15/h7-9,12-13,18H,6,10-11H2,1-5H3. The van der Waals surface area contributed by atoms with E-state index in [0.29, 0.717) is 6.61 Å². The second kappa shape index (κ2) is 8.44. The van der Waals surface area contributed by atoms with Crippen LogP contribution in [0.2, 0.25) is 0 Å². The molecule has 1 atom stereocenters. The van der Waals surface area contributed by atoms with Gasteiger partial charge in [-0.05, 0) is 53.2 Å². The summed E-state index contributed by atoms with van der Waals surface area (Å²) in [5.41, 5.74) is 0.634. The van der Waals surface area contributed by atoms with E-state index in [1.54, 1.807) is 11.8 Å². The molecule has 0 radical (unpaired) electrons. The Morgan fingerprint density at radius 2 is 2.14 bits per heavy atom.